The van der Waals surface area contributed by atoms with Gasteiger partial charge in [0.05, 0.1) is 6.10 Å². The van der Waals surface area contributed by atoms with Gasteiger partial charge in [0, 0.05) is 18.6 Å². The van der Waals surface area contributed by atoms with E-state index in [1.165, 1.54) is 0 Å². The molecule has 0 heterocycles. The average molecular weight is 160 g/mol. The van der Waals surface area contributed by atoms with E-state index in [-0.39, 0.29) is 11.6 Å². The SMILES string of the molecule is CCC(O)CNC(C)(C)CN. The van der Waals surface area contributed by atoms with Crippen LogP contribution in [-0.2, 0) is 0 Å². The Bertz CT molecular complexity index is 104. The molecule has 4 N–H and O–H groups in total. The minimum absolute atomic E-state index is 0.0594. The lowest BCUT2D eigenvalue weighted by Crippen LogP contribution is -2.48. The first-order valence-corrected chi connectivity index (χ1v) is 4.15. The number of hydrogen-bond acceptors (Lipinski definition) is 3. The normalized spacial score (nSPS) is 15.0. The number of hydrogen-bond donors (Lipinski definition) is 3. The molecule has 3 heteroatoms. The molecule has 0 aromatic heterocycles. The third kappa shape index (κ3) is 5.18. The lowest BCUT2D eigenvalue weighted by molar-refractivity contribution is 0.155. The lowest BCUT2D eigenvalue weighted by atomic mass is 10.1. The van der Waals surface area contributed by atoms with Crippen LogP contribution in [0.3, 0.4) is 0 Å². The van der Waals surface area contributed by atoms with Crippen molar-refractivity contribution in [3.8, 4) is 0 Å². The summed E-state index contributed by atoms with van der Waals surface area (Å²) in [4.78, 5) is 0. The van der Waals surface area contributed by atoms with E-state index in [0.717, 1.165) is 6.42 Å². The molecule has 0 fully saturated rings. The topological polar surface area (TPSA) is 58.3 Å². The maximum Gasteiger partial charge on any atom is 0.0662 e. The number of nitrogens with one attached hydrogen (secondary N) is 1. The van der Waals surface area contributed by atoms with Gasteiger partial charge >= 0.3 is 0 Å². The van der Waals surface area contributed by atoms with E-state index in [1.807, 2.05) is 20.8 Å². The third-order valence-corrected chi connectivity index (χ3v) is 1.80. The maximum atomic E-state index is 9.21. The van der Waals surface area contributed by atoms with Crippen molar-refractivity contribution in [1.29, 1.82) is 0 Å². The van der Waals surface area contributed by atoms with Crippen molar-refractivity contribution in [2.24, 2.45) is 5.73 Å². The molecule has 0 aromatic carbocycles. The van der Waals surface area contributed by atoms with Crippen molar-refractivity contribution in [3.05, 3.63) is 0 Å². The Balaban J connectivity index is 3.52. The van der Waals surface area contributed by atoms with Crippen LogP contribution in [0.25, 0.3) is 0 Å². The molecule has 68 valence electrons. The molecule has 1 atom stereocenters. The van der Waals surface area contributed by atoms with Gasteiger partial charge in [0.2, 0.25) is 0 Å². The van der Waals surface area contributed by atoms with Crippen LogP contribution in [0.2, 0.25) is 0 Å². The number of aliphatic hydroxyl groups excluding tert-OH is 1. The van der Waals surface area contributed by atoms with Gasteiger partial charge in [-0.25, -0.2) is 0 Å². The van der Waals surface area contributed by atoms with Gasteiger partial charge in [-0.1, -0.05) is 6.92 Å². The summed E-state index contributed by atoms with van der Waals surface area (Å²) in [6.45, 7) is 7.22. The van der Waals surface area contributed by atoms with E-state index in [9.17, 15) is 5.11 Å². The number of aliphatic hydroxyl groups is 1. The molecular formula is C8H20N2O. The molecule has 0 aliphatic rings. The summed E-state index contributed by atoms with van der Waals surface area (Å²) in [5.41, 5.74) is 5.43. The highest BCUT2D eigenvalue weighted by Gasteiger charge is 2.14. The van der Waals surface area contributed by atoms with Gasteiger partial charge in [-0.2, -0.15) is 0 Å². The van der Waals surface area contributed by atoms with Crippen molar-refractivity contribution in [1.82, 2.24) is 5.32 Å². The molecule has 0 aliphatic carbocycles. The number of nitrogens with two attached hydrogens (primary N) is 1. The highest BCUT2D eigenvalue weighted by molar-refractivity contribution is 4.79. The van der Waals surface area contributed by atoms with Crippen molar-refractivity contribution < 1.29 is 5.11 Å². The molecule has 0 spiro atoms. The summed E-state index contributed by atoms with van der Waals surface area (Å²) in [7, 11) is 0. The Morgan fingerprint density at radius 2 is 2.09 bits per heavy atom. The highest BCUT2D eigenvalue weighted by atomic mass is 16.3. The van der Waals surface area contributed by atoms with Crippen molar-refractivity contribution in [2.45, 2.75) is 38.8 Å². The Kier molecular flexibility index (Phi) is 4.65. The molecule has 0 bridgehead atoms. The fourth-order valence-corrected chi connectivity index (χ4v) is 0.611. The molecule has 0 aromatic rings. The highest BCUT2D eigenvalue weighted by Crippen LogP contribution is 1.98. The van der Waals surface area contributed by atoms with Gasteiger partial charge in [0.1, 0.15) is 0 Å². The van der Waals surface area contributed by atoms with E-state index >= 15 is 0 Å². The summed E-state index contributed by atoms with van der Waals surface area (Å²) in [5.74, 6) is 0. The lowest BCUT2D eigenvalue weighted by Gasteiger charge is -2.25. The van der Waals surface area contributed by atoms with E-state index in [1.54, 1.807) is 0 Å². The van der Waals surface area contributed by atoms with Gasteiger partial charge in [0.25, 0.3) is 0 Å². The Morgan fingerprint density at radius 1 is 1.55 bits per heavy atom. The van der Waals surface area contributed by atoms with E-state index in [2.05, 4.69) is 5.32 Å². The van der Waals surface area contributed by atoms with Crippen LogP contribution in [-0.4, -0.2) is 29.8 Å². The van der Waals surface area contributed by atoms with Crippen LogP contribution in [0.1, 0.15) is 27.2 Å². The standard InChI is InChI=1S/C8H20N2O/c1-4-7(11)5-10-8(2,3)6-9/h7,10-11H,4-6,9H2,1-3H3. The molecule has 0 saturated carbocycles. The van der Waals surface area contributed by atoms with Crippen LogP contribution in [0.15, 0.2) is 0 Å². The van der Waals surface area contributed by atoms with Crippen LogP contribution in [0, 0.1) is 0 Å². The minimum atomic E-state index is -0.249. The zero-order valence-corrected chi connectivity index (χ0v) is 7.72. The molecule has 1 unspecified atom stereocenters. The molecule has 0 saturated heterocycles. The second-order valence-electron chi connectivity index (χ2n) is 3.53. The van der Waals surface area contributed by atoms with Crippen LogP contribution in [0.4, 0.5) is 0 Å². The molecule has 0 rings (SSSR count). The molecule has 0 amide bonds. The predicted octanol–water partition coefficient (Wildman–Crippen LogP) is 0.0842. The molecule has 0 aliphatic heterocycles. The van der Waals surface area contributed by atoms with Gasteiger partial charge in [-0.15, -0.1) is 0 Å². The fraction of sp³-hybridized carbons (Fsp3) is 1.00. The number of β-amino-alcohol motifs (C(OH)–C–C–N with tert-alkyl or cyclic N) is 1. The summed E-state index contributed by atoms with van der Waals surface area (Å²) in [5, 5.41) is 12.4. The predicted molar refractivity (Wildman–Crippen MR) is 47.4 cm³/mol. The average Bonchev–Trinajstić information content (AvgIpc) is 2.00. The monoisotopic (exact) mass is 160 g/mol. The molecule has 11 heavy (non-hydrogen) atoms. The largest absolute Gasteiger partial charge is 0.392 e. The van der Waals surface area contributed by atoms with E-state index in [0.29, 0.717) is 13.1 Å². The number of rotatable bonds is 5. The van der Waals surface area contributed by atoms with Crippen LogP contribution >= 0.6 is 0 Å². The van der Waals surface area contributed by atoms with Crippen molar-refractivity contribution in [2.75, 3.05) is 13.1 Å². The van der Waals surface area contributed by atoms with Crippen molar-refractivity contribution in [3.63, 3.8) is 0 Å². The van der Waals surface area contributed by atoms with E-state index in [4.69, 9.17) is 5.73 Å². The van der Waals surface area contributed by atoms with Crippen molar-refractivity contribution >= 4 is 0 Å². The molecule has 3 nitrogen and oxygen atoms in total. The Morgan fingerprint density at radius 3 is 2.45 bits per heavy atom. The summed E-state index contributed by atoms with van der Waals surface area (Å²) >= 11 is 0. The summed E-state index contributed by atoms with van der Waals surface area (Å²) in [6.07, 6.45) is 0.536. The Hall–Kier alpha value is -0.120. The quantitative estimate of drug-likeness (QED) is 0.534. The van der Waals surface area contributed by atoms with Gasteiger partial charge in [0.15, 0.2) is 0 Å². The first-order valence-electron chi connectivity index (χ1n) is 4.15. The smallest absolute Gasteiger partial charge is 0.0662 e. The van der Waals surface area contributed by atoms with Crippen LogP contribution < -0.4 is 11.1 Å². The Labute approximate surface area is 69.0 Å². The van der Waals surface area contributed by atoms with Gasteiger partial charge < -0.3 is 16.2 Å². The minimum Gasteiger partial charge on any atom is -0.392 e. The molecular weight excluding hydrogens is 140 g/mol. The van der Waals surface area contributed by atoms with E-state index < -0.39 is 0 Å². The second-order valence-corrected chi connectivity index (χ2v) is 3.53. The zero-order chi connectivity index (χ0) is 8.91. The van der Waals surface area contributed by atoms with Crippen LogP contribution in [0.5, 0.6) is 0 Å². The fourth-order valence-electron chi connectivity index (χ4n) is 0.611. The summed E-state index contributed by atoms with van der Waals surface area (Å²) < 4.78 is 0. The second kappa shape index (κ2) is 4.70. The third-order valence-electron chi connectivity index (χ3n) is 1.80. The maximum absolute atomic E-state index is 9.21. The first kappa shape index (κ1) is 10.9. The van der Waals surface area contributed by atoms with Gasteiger partial charge in [-0.3, -0.25) is 0 Å². The molecule has 0 radical (unpaired) electrons. The first-order chi connectivity index (χ1) is 5.02. The zero-order valence-electron chi connectivity index (χ0n) is 7.72. The summed E-state index contributed by atoms with van der Waals surface area (Å²) in [6, 6.07) is 0. The van der Waals surface area contributed by atoms with Gasteiger partial charge in [-0.05, 0) is 20.3 Å².